The lowest BCUT2D eigenvalue weighted by molar-refractivity contribution is 0.409. The van der Waals surface area contributed by atoms with E-state index in [0.29, 0.717) is 21.3 Å². The number of rotatable bonds is 5. The van der Waals surface area contributed by atoms with Crippen molar-refractivity contribution in [2.75, 3.05) is 12.8 Å². The number of hydrogen-bond donors (Lipinski definition) is 2. The minimum Gasteiger partial charge on any atom is -0.496 e. The van der Waals surface area contributed by atoms with Crippen LogP contribution >= 0.6 is 34.5 Å². The van der Waals surface area contributed by atoms with Crippen LogP contribution < -0.4 is 15.2 Å². The van der Waals surface area contributed by atoms with E-state index in [-0.39, 0.29) is 15.8 Å². The van der Waals surface area contributed by atoms with Crippen molar-refractivity contribution in [1.29, 1.82) is 0 Å². The zero-order valence-corrected chi connectivity index (χ0v) is 14.0. The third-order valence-corrected chi connectivity index (χ3v) is 5.83. The summed E-state index contributed by atoms with van der Waals surface area (Å²) in [4.78, 5) is -0.0398. The van der Waals surface area contributed by atoms with Gasteiger partial charge in [0.15, 0.2) is 0 Å². The van der Waals surface area contributed by atoms with E-state index in [2.05, 4.69) is 4.72 Å². The van der Waals surface area contributed by atoms with E-state index in [1.54, 1.807) is 18.2 Å². The van der Waals surface area contributed by atoms with Crippen LogP contribution in [-0.4, -0.2) is 15.5 Å². The first-order valence-electron chi connectivity index (χ1n) is 5.70. The van der Waals surface area contributed by atoms with Crippen LogP contribution in [0.15, 0.2) is 29.2 Å². The number of ether oxygens (including phenoxy) is 1. The van der Waals surface area contributed by atoms with Crippen LogP contribution in [0.3, 0.4) is 0 Å². The summed E-state index contributed by atoms with van der Waals surface area (Å²) in [6.45, 7) is 0.0281. The Balaban J connectivity index is 2.23. The molecule has 0 spiro atoms. The molecule has 0 saturated carbocycles. The third kappa shape index (κ3) is 3.81. The molecule has 114 valence electrons. The molecule has 5 nitrogen and oxygen atoms in total. The van der Waals surface area contributed by atoms with Gasteiger partial charge in [0.25, 0.3) is 0 Å². The molecule has 0 radical (unpaired) electrons. The highest BCUT2D eigenvalue weighted by Gasteiger charge is 2.21. The predicted molar refractivity (Wildman–Crippen MR) is 85.8 cm³/mol. The van der Waals surface area contributed by atoms with Gasteiger partial charge in [-0.15, -0.1) is 11.3 Å². The van der Waals surface area contributed by atoms with Crippen LogP contribution in [0.4, 0.5) is 5.69 Å². The molecular formula is C12H12Cl2N2O3S2. The summed E-state index contributed by atoms with van der Waals surface area (Å²) in [5, 5.41) is 0. The highest BCUT2D eigenvalue weighted by Crippen LogP contribution is 2.34. The lowest BCUT2D eigenvalue weighted by Gasteiger charge is -2.10. The molecule has 9 heteroatoms. The fraction of sp³-hybridized carbons (Fsp3) is 0.167. The zero-order chi connectivity index (χ0) is 15.6. The molecule has 0 saturated heterocycles. The fourth-order valence-corrected chi connectivity index (χ4v) is 4.85. The van der Waals surface area contributed by atoms with E-state index in [1.807, 2.05) is 0 Å². The largest absolute Gasteiger partial charge is 0.496 e. The van der Waals surface area contributed by atoms with Gasteiger partial charge >= 0.3 is 0 Å². The first-order chi connectivity index (χ1) is 9.83. The smallest absolute Gasteiger partial charge is 0.243 e. The molecule has 0 amide bonds. The number of methoxy groups -OCH3 is 1. The Kier molecular flexibility index (Phi) is 5.00. The second-order valence-corrected chi connectivity index (χ2v) is 8.11. The Morgan fingerprint density at radius 3 is 2.62 bits per heavy atom. The van der Waals surface area contributed by atoms with Gasteiger partial charge in [0.2, 0.25) is 10.0 Å². The van der Waals surface area contributed by atoms with Gasteiger partial charge in [0.1, 0.15) is 15.0 Å². The first-order valence-corrected chi connectivity index (χ1v) is 8.76. The van der Waals surface area contributed by atoms with Gasteiger partial charge in [-0.1, -0.05) is 23.2 Å². The standard InChI is InChI=1S/C12H12Cl2N2O3S2/c1-19-9-3-2-8(15)4-7(9)6-16-21(17,18)10-5-11(13)20-12(10)14/h2-5,16H,6,15H2,1H3. The van der Waals surface area contributed by atoms with Crippen molar-refractivity contribution < 1.29 is 13.2 Å². The van der Waals surface area contributed by atoms with Gasteiger partial charge in [-0.3, -0.25) is 0 Å². The third-order valence-electron chi connectivity index (χ3n) is 2.67. The number of benzene rings is 1. The van der Waals surface area contributed by atoms with Crippen molar-refractivity contribution >= 4 is 50.2 Å². The number of hydrogen-bond acceptors (Lipinski definition) is 5. The number of thiophene rings is 1. The Morgan fingerprint density at radius 1 is 1.33 bits per heavy atom. The minimum atomic E-state index is -3.76. The molecule has 2 aromatic rings. The summed E-state index contributed by atoms with van der Waals surface area (Å²) in [7, 11) is -2.26. The number of nitrogens with two attached hydrogens (primary N) is 1. The molecule has 0 aliphatic carbocycles. The van der Waals surface area contributed by atoms with Crippen molar-refractivity contribution in [1.82, 2.24) is 4.72 Å². The highest BCUT2D eigenvalue weighted by molar-refractivity contribution is 7.89. The summed E-state index contributed by atoms with van der Waals surface area (Å²) in [5.41, 5.74) is 6.83. The van der Waals surface area contributed by atoms with Crippen molar-refractivity contribution in [2.45, 2.75) is 11.4 Å². The normalized spacial score (nSPS) is 11.6. The molecule has 3 N–H and O–H groups in total. The molecule has 2 rings (SSSR count). The van der Waals surface area contributed by atoms with E-state index in [1.165, 1.54) is 13.2 Å². The van der Waals surface area contributed by atoms with Crippen molar-refractivity contribution in [3.63, 3.8) is 0 Å². The highest BCUT2D eigenvalue weighted by atomic mass is 35.5. The maximum absolute atomic E-state index is 12.2. The van der Waals surface area contributed by atoms with E-state index in [9.17, 15) is 8.42 Å². The van der Waals surface area contributed by atoms with Crippen LogP contribution in [0.25, 0.3) is 0 Å². The van der Waals surface area contributed by atoms with Gasteiger partial charge in [0.05, 0.1) is 11.4 Å². The molecule has 0 atom stereocenters. The van der Waals surface area contributed by atoms with Crippen molar-refractivity contribution in [2.24, 2.45) is 0 Å². The van der Waals surface area contributed by atoms with Crippen LogP contribution in [0.2, 0.25) is 8.67 Å². The average Bonchev–Trinajstić information content (AvgIpc) is 2.76. The second-order valence-electron chi connectivity index (χ2n) is 4.08. The Bertz CT molecular complexity index is 760. The predicted octanol–water partition coefficient (Wildman–Crippen LogP) is 3.12. The van der Waals surface area contributed by atoms with Crippen molar-refractivity contribution in [3.8, 4) is 5.75 Å². The maximum atomic E-state index is 12.2. The van der Waals surface area contributed by atoms with Crippen LogP contribution in [0.5, 0.6) is 5.75 Å². The van der Waals surface area contributed by atoms with Crippen LogP contribution in [0, 0.1) is 0 Å². The van der Waals surface area contributed by atoms with Gasteiger partial charge in [-0.25, -0.2) is 13.1 Å². The lowest BCUT2D eigenvalue weighted by atomic mass is 10.2. The second kappa shape index (κ2) is 6.41. The van der Waals surface area contributed by atoms with Gasteiger partial charge in [-0.05, 0) is 24.3 Å². The molecule has 21 heavy (non-hydrogen) atoms. The Hall–Kier alpha value is -0.990. The monoisotopic (exact) mass is 366 g/mol. The average molecular weight is 367 g/mol. The molecule has 0 aliphatic rings. The van der Waals surface area contributed by atoms with Gasteiger partial charge in [-0.2, -0.15) is 0 Å². The Labute approximate surface area is 136 Å². The number of halogens is 2. The molecule has 1 aromatic heterocycles. The zero-order valence-electron chi connectivity index (χ0n) is 10.9. The number of nitrogen functional groups attached to an aromatic ring is 1. The molecule has 0 bridgehead atoms. The van der Waals surface area contributed by atoms with Gasteiger partial charge in [0, 0.05) is 17.8 Å². The molecule has 0 aliphatic heterocycles. The van der Waals surface area contributed by atoms with Gasteiger partial charge < -0.3 is 10.5 Å². The number of sulfonamides is 1. The van der Waals surface area contributed by atoms with E-state index >= 15 is 0 Å². The fourth-order valence-electron chi connectivity index (χ4n) is 1.70. The lowest BCUT2D eigenvalue weighted by Crippen LogP contribution is -2.23. The van der Waals surface area contributed by atoms with Crippen molar-refractivity contribution in [3.05, 3.63) is 38.5 Å². The molecular weight excluding hydrogens is 355 g/mol. The SMILES string of the molecule is COc1ccc(N)cc1CNS(=O)(=O)c1cc(Cl)sc1Cl. The number of nitrogens with one attached hydrogen (secondary N) is 1. The van der Waals surface area contributed by atoms with Crippen LogP contribution in [0.1, 0.15) is 5.56 Å². The minimum absolute atomic E-state index is 0.0281. The van der Waals surface area contributed by atoms with E-state index in [0.717, 1.165) is 11.3 Å². The Morgan fingerprint density at radius 2 is 2.05 bits per heavy atom. The quantitative estimate of drug-likeness (QED) is 0.796. The summed E-state index contributed by atoms with van der Waals surface area (Å²) in [6.07, 6.45) is 0. The molecule has 1 heterocycles. The topological polar surface area (TPSA) is 81.4 Å². The van der Waals surface area contributed by atoms with Crippen LogP contribution in [-0.2, 0) is 16.6 Å². The number of anilines is 1. The first kappa shape index (κ1) is 16.4. The van der Waals surface area contributed by atoms with E-state index in [4.69, 9.17) is 33.7 Å². The molecule has 1 aromatic carbocycles. The van der Waals surface area contributed by atoms with E-state index < -0.39 is 10.0 Å². The summed E-state index contributed by atoms with van der Waals surface area (Å²) < 4.78 is 32.4. The molecule has 0 fully saturated rings. The molecule has 0 unspecified atom stereocenters. The summed E-state index contributed by atoms with van der Waals surface area (Å²) in [6, 6.07) is 6.30. The maximum Gasteiger partial charge on any atom is 0.243 e. The summed E-state index contributed by atoms with van der Waals surface area (Å²) in [5.74, 6) is 0.543. The summed E-state index contributed by atoms with van der Waals surface area (Å²) >= 11 is 12.6.